The smallest absolute Gasteiger partial charge is 0.344 e. The van der Waals surface area contributed by atoms with Crippen LogP contribution in [-0.4, -0.2) is 70.1 Å². The third kappa shape index (κ3) is 7.64. The Hall–Kier alpha value is -3.76. The van der Waals surface area contributed by atoms with Crippen LogP contribution < -0.4 is 11.1 Å². The SMILES string of the molecule is CC(C)(C)OC(=O)[C@@]1(C(=O)O)CCCN1C(=O)[C@H](COCc1ccccc1)NC(=O)[C@@H](N)Cc1ccccc1. The summed E-state index contributed by atoms with van der Waals surface area (Å²) in [4.78, 5) is 53.5. The van der Waals surface area contributed by atoms with Crippen molar-refractivity contribution in [3.8, 4) is 0 Å². The number of rotatable bonds is 11. The molecule has 3 atom stereocenters. The van der Waals surface area contributed by atoms with Crippen LogP contribution in [0.25, 0.3) is 0 Å². The van der Waals surface area contributed by atoms with E-state index in [9.17, 15) is 24.3 Å². The predicted octanol–water partition coefficient (Wildman–Crippen LogP) is 2.05. The first-order chi connectivity index (χ1) is 18.4. The number of likely N-dealkylation sites (tertiary alicyclic amines) is 1. The maximum absolute atomic E-state index is 13.8. The second kappa shape index (κ2) is 12.9. The lowest BCUT2D eigenvalue weighted by Crippen LogP contribution is -2.64. The molecular weight excluding hydrogens is 502 g/mol. The number of esters is 1. The molecule has 0 saturated carbocycles. The highest BCUT2D eigenvalue weighted by molar-refractivity contribution is 6.08. The molecule has 2 aromatic carbocycles. The van der Waals surface area contributed by atoms with Crippen LogP contribution in [-0.2, 0) is 41.7 Å². The summed E-state index contributed by atoms with van der Waals surface area (Å²) in [6, 6.07) is 16.2. The molecule has 2 aromatic rings. The van der Waals surface area contributed by atoms with Crippen molar-refractivity contribution in [1.82, 2.24) is 10.2 Å². The van der Waals surface area contributed by atoms with Crippen LogP contribution in [0.5, 0.6) is 0 Å². The van der Waals surface area contributed by atoms with E-state index in [-0.39, 0.29) is 39.0 Å². The Morgan fingerprint density at radius 2 is 1.62 bits per heavy atom. The van der Waals surface area contributed by atoms with E-state index in [4.69, 9.17) is 15.2 Å². The van der Waals surface area contributed by atoms with E-state index in [1.165, 1.54) is 0 Å². The number of carbonyl (C=O) groups excluding carboxylic acids is 3. The number of aliphatic carboxylic acids is 1. The maximum atomic E-state index is 13.8. The fourth-order valence-corrected chi connectivity index (χ4v) is 4.47. The molecule has 1 fully saturated rings. The maximum Gasteiger partial charge on any atom is 0.344 e. The third-order valence-corrected chi connectivity index (χ3v) is 6.38. The van der Waals surface area contributed by atoms with E-state index >= 15 is 0 Å². The highest BCUT2D eigenvalue weighted by Crippen LogP contribution is 2.33. The zero-order valence-corrected chi connectivity index (χ0v) is 22.6. The number of carboxylic acid groups (broad SMARTS) is 1. The zero-order chi connectivity index (χ0) is 28.6. The number of carboxylic acids is 1. The van der Waals surface area contributed by atoms with Crippen LogP contribution in [0.3, 0.4) is 0 Å². The monoisotopic (exact) mass is 539 g/mol. The molecule has 0 aliphatic carbocycles. The Morgan fingerprint density at radius 1 is 1.03 bits per heavy atom. The van der Waals surface area contributed by atoms with E-state index in [1.807, 2.05) is 60.7 Å². The summed E-state index contributed by atoms with van der Waals surface area (Å²) in [6.45, 7) is 4.78. The van der Waals surface area contributed by atoms with Crippen molar-refractivity contribution in [2.45, 2.75) is 69.9 Å². The number of carbonyl (C=O) groups is 4. The Bertz CT molecular complexity index is 1150. The molecule has 1 heterocycles. The average molecular weight is 540 g/mol. The number of nitrogens with two attached hydrogens (primary N) is 1. The normalized spacial score (nSPS) is 18.7. The minimum Gasteiger partial charge on any atom is -0.479 e. The van der Waals surface area contributed by atoms with Crippen LogP contribution in [0.2, 0.25) is 0 Å². The fourth-order valence-electron chi connectivity index (χ4n) is 4.47. The largest absolute Gasteiger partial charge is 0.479 e. The standard InChI is InChI=1S/C29H37N3O7/c1-28(2,3)39-27(37)29(26(35)36)15-10-16-32(29)25(34)23(19-38-18-21-13-8-5-9-14-21)31-24(33)22(30)17-20-11-6-4-7-12-20/h4-9,11-14,22-23H,10,15-19,30H2,1-3H3,(H,31,33)(H,35,36)/t22-,23-,29-/m0/s1. The number of hydrogen-bond acceptors (Lipinski definition) is 7. The predicted molar refractivity (Wildman–Crippen MR) is 143 cm³/mol. The Morgan fingerprint density at radius 3 is 2.18 bits per heavy atom. The number of ether oxygens (including phenoxy) is 2. The molecule has 210 valence electrons. The number of hydrogen-bond donors (Lipinski definition) is 3. The van der Waals surface area contributed by atoms with Crippen LogP contribution in [0, 0.1) is 0 Å². The van der Waals surface area contributed by atoms with Crippen LogP contribution in [0.4, 0.5) is 0 Å². The van der Waals surface area contributed by atoms with Gasteiger partial charge in [0.05, 0.1) is 19.3 Å². The van der Waals surface area contributed by atoms with Gasteiger partial charge in [-0.2, -0.15) is 0 Å². The van der Waals surface area contributed by atoms with Gasteiger partial charge in [0, 0.05) is 6.54 Å². The van der Waals surface area contributed by atoms with Crippen LogP contribution >= 0.6 is 0 Å². The zero-order valence-electron chi connectivity index (χ0n) is 22.6. The minimum absolute atomic E-state index is 0.00546. The van der Waals surface area contributed by atoms with Crippen molar-refractivity contribution in [2.24, 2.45) is 5.73 Å². The topological polar surface area (TPSA) is 148 Å². The van der Waals surface area contributed by atoms with Crippen LogP contribution in [0.1, 0.15) is 44.7 Å². The van der Waals surface area contributed by atoms with Gasteiger partial charge in [-0.05, 0) is 51.2 Å². The summed E-state index contributed by atoms with van der Waals surface area (Å²) >= 11 is 0. The minimum atomic E-state index is -2.21. The third-order valence-electron chi connectivity index (χ3n) is 6.38. The van der Waals surface area contributed by atoms with Gasteiger partial charge in [0.15, 0.2) is 0 Å². The summed E-state index contributed by atoms with van der Waals surface area (Å²) in [7, 11) is 0. The quantitative estimate of drug-likeness (QED) is 0.290. The molecular formula is C29H37N3O7. The first-order valence-electron chi connectivity index (χ1n) is 12.9. The summed E-state index contributed by atoms with van der Waals surface area (Å²) < 4.78 is 11.2. The fraction of sp³-hybridized carbons (Fsp3) is 0.448. The number of amides is 2. The average Bonchev–Trinajstić information content (AvgIpc) is 3.34. The highest BCUT2D eigenvalue weighted by Gasteiger charge is 2.59. The molecule has 0 aromatic heterocycles. The second-order valence-electron chi connectivity index (χ2n) is 10.6. The number of nitrogens with one attached hydrogen (secondary N) is 1. The Labute approximate surface area is 228 Å². The van der Waals surface area contributed by atoms with Gasteiger partial charge in [-0.15, -0.1) is 0 Å². The lowest BCUT2D eigenvalue weighted by atomic mass is 9.95. The van der Waals surface area contributed by atoms with Gasteiger partial charge in [0.1, 0.15) is 11.6 Å². The molecule has 10 nitrogen and oxygen atoms in total. The van der Waals surface area contributed by atoms with Crippen molar-refractivity contribution in [2.75, 3.05) is 13.2 Å². The molecule has 1 aliphatic rings. The van der Waals surface area contributed by atoms with Gasteiger partial charge in [-0.3, -0.25) is 9.59 Å². The van der Waals surface area contributed by atoms with Crippen molar-refractivity contribution < 1.29 is 33.8 Å². The lowest BCUT2D eigenvalue weighted by molar-refractivity contribution is -0.181. The molecule has 39 heavy (non-hydrogen) atoms. The molecule has 3 rings (SSSR count). The second-order valence-corrected chi connectivity index (χ2v) is 10.6. The van der Waals surface area contributed by atoms with Gasteiger partial charge in [0.2, 0.25) is 17.4 Å². The first kappa shape index (κ1) is 29.8. The molecule has 0 radical (unpaired) electrons. The first-order valence-corrected chi connectivity index (χ1v) is 12.9. The van der Waals surface area contributed by atoms with E-state index < -0.39 is 47.0 Å². The number of benzene rings is 2. The van der Waals surface area contributed by atoms with Gasteiger partial charge >= 0.3 is 11.9 Å². The van der Waals surface area contributed by atoms with E-state index in [0.717, 1.165) is 16.0 Å². The van der Waals surface area contributed by atoms with Gasteiger partial charge in [-0.1, -0.05) is 60.7 Å². The lowest BCUT2D eigenvalue weighted by Gasteiger charge is -2.36. The molecule has 10 heteroatoms. The molecule has 0 unspecified atom stereocenters. The van der Waals surface area contributed by atoms with E-state index in [0.29, 0.717) is 0 Å². The van der Waals surface area contributed by atoms with Gasteiger partial charge in [-0.25, -0.2) is 9.59 Å². The summed E-state index contributed by atoms with van der Waals surface area (Å²) in [5, 5.41) is 12.8. The summed E-state index contributed by atoms with van der Waals surface area (Å²) in [5.74, 6) is -3.87. The van der Waals surface area contributed by atoms with Gasteiger partial charge < -0.3 is 30.5 Å². The highest BCUT2D eigenvalue weighted by atomic mass is 16.6. The van der Waals surface area contributed by atoms with Gasteiger partial charge in [0.25, 0.3) is 0 Å². The van der Waals surface area contributed by atoms with E-state index in [2.05, 4.69) is 5.32 Å². The molecule has 1 saturated heterocycles. The number of nitrogens with zero attached hydrogens (tertiary/aromatic N) is 1. The Balaban J connectivity index is 1.83. The molecule has 1 aliphatic heterocycles. The van der Waals surface area contributed by atoms with Crippen molar-refractivity contribution >= 4 is 23.8 Å². The summed E-state index contributed by atoms with van der Waals surface area (Å²) in [6.07, 6.45) is 0.400. The Kier molecular flexibility index (Phi) is 9.82. The summed E-state index contributed by atoms with van der Waals surface area (Å²) in [5.41, 5.74) is 4.67. The molecule has 2 amide bonds. The van der Waals surface area contributed by atoms with E-state index in [1.54, 1.807) is 20.8 Å². The van der Waals surface area contributed by atoms with Crippen molar-refractivity contribution in [1.29, 1.82) is 0 Å². The van der Waals surface area contributed by atoms with Crippen LogP contribution in [0.15, 0.2) is 60.7 Å². The molecule has 0 bridgehead atoms. The molecule has 4 N–H and O–H groups in total. The van der Waals surface area contributed by atoms with Crippen molar-refractivity contribution in [3.05, 3.63) is 71.8 Å². The molecule has 0 spiro atoms. The van der Waals surface area contributed by atoms with Crippen molar-refractivity contribution in [3.63, 3.8) is 0 Å².